The number of aliphatic hydroxyl groups is 3. The molecule has 9 fully saturated rings. The van der Waals surface area contributed by atoms with Crippen molar-refractivity contribution < 1.29 is 112 Å². The third-order valence-electron chi connectivity index (χ3n) is 32.1. The first kappa shape index (κ1) is 107. The van der Waals surface area contributed by atoms with Crippen molar-refractivity contribution in [2.75, 3.05) is 77.7 Å². The zero-order valence-corrected chi connectivity index (χ0v) is 87.7. The first-order chi connectivity index (χ1) is 68.7. The maximum Gasteiger partial charge on any atom is 0.281 e. The van der Waals surface area contributed by atoms with Crippen LogP contribution in [-0.2, 0) is 113 Å². The second kappa shape index (κ2) is 39.7. The molecule has 0 radical (unpaired) electrons. The summed E-state index contributed by atoms with van der Waals surface area (Å²) in [5.74, 6) is -13.2. The second-order valence-corrected chi connectivity index (χ2v) is 48.2. The van der Waals surface area contributed by atoms with Crippen LogP contribution in [0.4, 0.5) is 0 Å². The van der Waals surface area contributed by atoms with Crippen LogP contribution < -0.4 is 16.0 Å². The van der Waals surface area contributed by atoms with Gasteiger partial charge in [-0.15, -0.1) is 0 Å². The van der Waals surface area contributed by atoms with E-state index in [4.69, 9.17) is 27.9 Å². The van der Waals surface area contributed by atoms with Crippen LogP contribution in [0, 0.1) is 47.3 Å². The van der Waals surface area contributed by atoms with Crippen LogP contribution >= 0.6 is 0 Å². The van der Waals surface area contributed by atoms with Gasteiger partial charge >= 0.3 is 0 Å². The van der Waals surface area contributed by atoms with E-state index in [-0.39, 0.29) is 89.1 Å². The summed E-state index contributed by atoms with van der Waals surface area (Å²) in [4.78, 5) is 152. The van der Waals surface area contributed by atoms with Gasteiger partial charge in [0.1, 0.15) is 36.3 Å². The number of aromatic amines is 3. The number of nitrogens with zero attached hydrogens (tertiary/aromatic N) is 9. The maximum atomic E-state index is 14.6. The lowest BCUT2D eigenvalue weighted by Crippen LogP contribution is -2.72. The number of carbonyl (C=O) groups excluding carboxylic acids is 9. The van der Waals surface area contributed by atoms with Gasteiger partial charge in [0.2, 0.25) is 52.6 Å². The van der Waals surface area contributed by atoms with E-state index in [1.54, 1.807) is 42.4 Å². The van der Waals surface area contributed by atoms with Gasteiger partial charge in [0.15, 0.2) is 0 Å². The highest BCUT2D eigenvalue weighted by molar-refractivity contribution is 7.86. The molecule has 22 rings (SSSR count). The van der Waals surface area contributed by atoms with Crippen LogP contribution in [0.5, 0.6) is 0 Å². The van der Waals surface area contributed by atoms with Crippen molar-refractivity contribution in [1.82, 2.24) is 75.0 Å². The molecule has 0 saturated carbocycles. The third-order valence-corrected chi connectivity index (χ3v) is 34.3. The van der Waals surface area contributed by atoms with Gasteiger partial charge < -0.3 is 60.9 Å². The molecule has 7 aromatic rings. The zero-order valence-electron chi connectivity index (χ0n) is 85.3. The van der Waals surface area contributed by atoms with E-state index in [1.807, 2.05) is 129 Å². The predicted octanol–water partition coefficient (Wildman–Crippen LogP) is 6.78. The molecular formula is C104H137N15O24S3. The fraction of sp³-hybridized carbons (Fsp3) is 0.567. The number of fused-ring (bicyclic) bond motifs is 15. The van der Waals surface area contributed by atoms with Gasteiger partial charge in [0, 0.05) is 133 Å². The summed E-state index contributed by atoms with van der Waals surface area (Å²) < 4.78 is 100. The standard InChI is InChI=1S/C35H39N5O5.C32H41N5O5.C31H39N5O5.3C2H6O3S/c1-20(2)34(37-31(41)23-16-25-24-11-7-12-26-30(24)22(18-36-26)17-27(25)38(3)19-23)33(43)40-28(15-21-9-5-4-6-10-21)32(42)39-14-8-13-29(39)35(40,44)45-34;1-17(2)12-25-29(39)36-11-7-10-26(36)32(41)37(25)30(40)31(42-32,18(3)4)34-28(38)20-13-22-21-8-6-9-23-27(21)19(15-33-23)14-24(22)35(5)16-20;1-16(2)26-28(38)35-11-7-10-24(35)31(40)36(26)29(39)30(41-31,17(3)4)33-27(37)19-12-21-20-8-6-9-22-25(20)18(14-32-22)13-23(21)34(5)15-19;3*1-2-6(3,4)5/h4-7,9-12,16,18,20,23,27-29,36,44H,8,13-15,17,19H2,1-3H3,(H,37,41);6,8-9,13,15,17-18,20,24-26,33,41H,7,10-12,14,16H2,1-5H3,(H,34,38);6,8-9,12,14,16-17,19,23-24,26,32,40H,7,10-11,13,15H2,1-5H3,(H,33,37);3*2H2,1H3,(H,3,4,5)/t23?,27?,28-,29-,34+,35?;20?,24?,25-,26-,31+,32-;19?,23?,24-,26-,30+,31-;;;/m000.../s1. The molecule has 4 aromatic carbocycles. The highest BCUT2D eigenvalue weighted by Gasteiger charge is 2.76. The van der Waals surface area contributed by atoms with Crippen molar-refractivity contribution in [3.63, 3.8) is 0 Å². The van der Waals surface area contributed by atoms with Crippen LogP contribution in [0.1, 0.15) is 174 Å². The fourth-order valence-corrected chi connectivity index (χ4v) is 24.5. The van der Waals surface area contributed by atoms with E-state index >= 15 is 0 Å². The third kappa shape index (κ3) is 18.6. The summed E-state index contributed by atoms with van der Waals surface area (Å²) in [6.07, 6.45) is 19.2. The molecule has 9 amide bonds. The smallest absolute Gasteiger partial charge is 0.281 e. The number of hydrogen-bond donors (Lipinski definition) is 12. The van der Waals surface area contributed by atoms with Crippen molar-refractivity contribution in [2.45, 2.75) is 250 Å². The number of ether oxygens (including phenoxy) is 3. The van der Waals surface area contributed by atoms with Crippen molar-refractivity contribution in [3.05, 3.63) is 161 Å². The van der Waals surface area contributed by atoms with Gasteiger partial charge in [-0.2, -0.15) is 25.3 Å². The summed E-state index contributed by atoms with van der Waals surface area (Å²) in [5, 5.41) is 49.1. The van der Waals surface area contributed by atoms with Crippen LogP contribution in [0.15, 0.2) is 122 Å². The Hall–Kier alpha value is -10.7. The minimum Gasteiger partial charge on any atom is -0.361 e. The van der Waals surface area contributed by atoms with Crippen molar-refractivity contribution >= 4 is 133 Å². The van der Waals surface area contributed by atoms with Gasteiger partial charge in [0.05, 0.1) is 35.0 Å². The quantitative estimate of drug-likeness (QED) is 0.0418. The van der Waals surface area contributed by atoms with Gasteiger partial charge in [0.25, 0.3) is 65.8 Å². The Labute approximate surface area is 850 Å². The monoisotopic (exact) mass is 2080 g/mol. The fourth-order valence-electron chi connectivity index (χ4n) is 24.5. The Morgan fingerprint density at radius 3 is 1.03 bits per heavy atom. The van der Waals surface area contributed by atoms with E-state index in [0.717, 1.165) is 81.2 Å². The molecule has 0 spiro atoms. The maximum absolute atomic E-state index is 14.6. The summed E-state index contributed by atoms with van der Waals surface area (Å²) >= 11 is 0. The first-order valence-electron chi connectivity index (χ1n) is 50.8. The Bertz CT molecular complexity index is 6730. The van der Waals surface area contributed by atoms with Crippen LogP contribution in [0.25, 0.3) is 49.4 Å². The van der Waals surface area contributed by atoms with E-state index in [2.05, 4.69) is 101 Å². The molecule has 0 bridgehead atoms. The average molecular weight is 2080 g/mol. The number of amides is 9. The lowest BCUT2D eigenvalue weighted by atomic mass is 9.79. The van der Waals surface area contributed by atoms with Crippen LogP contribution in [0.3, 0.4) is 0 Å². The number of likely N-dealkylation sites (N-methyl/N-ethyl adjacent to an activating group) is 3. The Kier molecular flexibility index (Phi) is 29.0. The van der Waals surface area contributed by atoms with Gasteiger partial charge in [-0.05, 0) is 192 Å². The lowest BCUT2D eigenvalue weighted by Gasteiger charge is -2.49. The molecule has 9 saturated heterocycles. The summed E-state index contributed by atoms with van der Waals surface area (Å²) in [6.45, 7) is 25.6. The molecule has 146 heavy (non-hydrogen) atoms. The van der Waals surface area contributed by atoms with E-state index < -0.39 is 155 Å². The summed E-state index contributed by atoms with van der Waals surface area (Å²) in [7, 11) is -4.89. The molecule has 12 N–H and O–H groups in total. The molecule has 7 unspecified atom stereocenters. The van der Waals surface area contributed by atoms with E-state index in [9.17, 15) is 83.7 Å². The second-order valence-electron chi connectivity index (χ2n) is 43.0. The number of piperazine rings is 3. The minimum absolute atomic E-state index is 0.108. The van der Waals surface area contributed by atoms with E-state index in [0.29, 0.717) is 77.8 Å². The van der Waals surface area contributed by atoms with Gasteiger partial charge in [-0.25, -0.2) is 0 Å². The molecule has 15 aliphatic rings. The summed E-state index contributed by atoms with van der Waals surface area (Å²) in [5.41, 5.74) is 9.17. The average Bonchev–Trinajstić information content (AvgIpc) is 1.53. The molecule has 12 aliphatic heterocycles. The van der Waals surface area contributed by atoms with Crippen LogP contribution in [-0.4, -0.2) is 333 Å². The number of H-pyrrole nitrogens is 3. The molecule has 3 aromatic heterocycles. The van der Waals surface area contributed by atoms with E-state index in [1.165, 1.54) is 68.3 Å². The van der Waals surface area contributed by atoms with Crippen molar-refractivity contribution in [1.29, 1.82) is 0 Å². The normalized spacial score (nSPS) is 31.1. The molecular weight excluding hydrogens is 1940 g/mol. The van der Waals surface area contributed by atoms with Gasteiger partial charge in [-0.1, -0.05) is 154 Å². The van der Waals surface area contributed by atoms with Crippen LogP contribution in [0.2, 0.25) is 0 Å². The Morgan fingerprint density at radius 1 is 0.425 bits per heavy atom. The lowest BCUT2D eigenvalue weighted by molar-refractivity contribution is -0.323. The zero-order chi connectivity index (χ0) is 106. The number of rotatable bonds is 17. The molecule has 18 atom stereocenters. The SMILES string of the molecule is CC(C)C[C@H]1C(=O)N2CCC[C@H]2[C@]2(O)O[C@](NC(=O)C3C=C4c5cccc6[nH]cc(c56)CC4N(C)C3)(C(C)C)C(=O)N12.CC(C)[C@@]1(NC(=O)C2C=C3c4cccc5[nH]cc(c45)CC3N(C)C2)OC2(O)[C@@H]3CCCN3C(=O)[C@H](Cc3ccccc3)N2C1=O.CC(C)[C@H]1C(=O)N2CCC[C@H]2[C@]2(O)O[C@](NC(=O)C3C=C4c5cccc6[nH]cc(c56)CC4N(C)C3)(C(C)C)C(=O)N12.CCS(=O)(=O)O.CCS(=O)(=O)O.CCS(=O)(=O)O. The van der Waals surface area contributed by atoms with Crippen molar-refractivity contribution in [3.8, 4) is 0 Å². The number of nitrogens with one attached hydrogen (secondary N) is 6. The van der Waals surface area contributed by atoms with Gasteiger partial charge in [-0.3, -0.25) is 100 Å². The molecule has 42 heteroatoms. The molecule has 790 valence electrons. The number of hydrogen-bond acceptors (Lipinski definition) is 24. The molecule has 39 nitrogen and oxygen atoms in total. The van der Waals surface area contributed by atoms with Crippen molar-refractivity contribution in [2.24, 2.45) is 47.3 Å². The highest BCUT2D eigenvalue weighted by Crippen LogP contribution is 2.55. The first-order valence-corrected chi connectivity index (χ1v) is 55.7. The minimum atomic E-state index is -3.66. The highest BCUT2D eigenvalue weighted by atomic mass is 32.2. The summed E-state index contributed by atoms with van der Waals surface area (Å²) in [6, 6.07) is 23.8. The Morgan fingerprint density at radius 2 is 0.726 bits per heavy atom. The molecule has 3 aliphatic carbocycles. The number of aromatic nitrogens is 3. The molecule has 15 heterocycles. The Balaban J connectivity index is 0.000000138. The predicted molar refractivity (Wildman–Crippen MR) is 542 cm³/mol. The number of benzene rings is 4. The largest absolute Gasteiger partial charge is 0.361 e. The topological polar surface area (TPSA) is 518 Å². The number of carbonyl (C=O) groups is 9.